The number of ether oxygens (including phenoxy) is 3. The van der Waals surface area contributed by atoms with E-state index in [0.29, 0.717) is 5.75 Å². The van der Waals surface area contributed by atoms with Crippen molar-refractivity contribution in [2.75, 3.05) is 0 Å². The van der Waals surface area contributed by atoms with Crippen molar-refractivity contribution in [1.29, 1.82) is 0 Å². The Hall–Kier alpha value is -2.17. The van der Waals surface area contributed by atoms with E-state index >= 15 is 0 Å². The minimum Gasteiger partial charge on any atom is -0.426 e. The van der Waals surface area contributed by atoms with Gasteiger partial charge in [0, 0.05) is 12.5 Å². The third-order valence-electron chi connectivity index (χ3n) is 5.06. The maximum absolute atomic E-state index is 11.4. The standard InChI is InChI=1S/C18H12O4/c1-7(19)20-11-6-5-10-13-12-8(15-16(10)21-15)3-2-4-9(12)17-18(22-17)14(11)13/h2-6,15-18H,1H3. The van der Waals surface area contributed by atoms with Gasteiger partial charge in [0.25, 0.3) is 0 Å². The molecule has 4 atom stereocenters. The number of hydrogen-bond donors (Lipinski definition) is 0. The maximum atomic E-state index is 11.4. The van der Waals surface area contributed by atoms with Gasteiger partial charge in [0.1, 0.15) is 30.2 Å². The molecule has 0 amide bonds. The predicted molar refractivity (Wildman–Crippen MR) is 76.3 cm³/mol. The molecular weight excluding hydrogens is 280 g/mol. The molecule has 2 saturated heterocycles. The van der Waals surface area contributed by atoms with Crippen LogP contribution in [0.25, 0.3) is 11.1 Å². The van der Waals surface area contributed by atoms with Crippen LogP contribution in [0.5, 0.6) is 5.75 Å². The Kier molecular flexibility index (Phi) is 1.77. The Labute approximate surface area is 126 Å². The van der Waals surface area contributed by atoms with Gasteiger partial charge >= 0.3 is 5.97 Å². The molecule has 2 aromatic rings. The van der Waals surface area contributed by atoms with E-state index in [0.717, 1.165) is 5.56 Å². The van der Waals surface area contributed by atoms with Gasteiger partial charge in [-0.05, 0) is 33.9 Å². The molecule has 4 unspecified atom stereocenters. The molecule has 0 saturated carbocycles. The second kappa shape index (κ2) is 3.42. The lowest BCUT2D eigenvalue weighted by molar-refractivity contribution is -0.131. The zero-order valence-electron chi connectivity index (χ0n) is 11.8. The number of fused-ring (bicyclic) bond motifs is 6. The van der Waals surface area contributed by atoms with E-state index < -0.39 is 0 Å². The van der Waals surface area contributed by atoms with Crippen LogP contribution in [0.4, 0.5) is 0 Å². The summed E-state index contributed by atoms with van der Waals surface area (Å²) in [6.45, 7) is 1.43. The molecular formula is C18H12O4. The minimum atomic E-state index is -0.302. The molecule has 2 aromatic carbocycles. The van der Waals surface area contributed by atoms with Gasteiger partial charge in [-0.1, -0.05) is 24.3 Å². The molecule has 0 radical (unpaired) electrons. The first kappa shape index (κ1) is 11.4. The van der Waals surface area contributed by atoms with E-state index in [1.54, 1.807) is 0 Å². The van der Waals surface area contributed by atoms with Crippen LogP contribution in [0.2, 0.25) is 0 Å². The number of carbonyl (C=O) groups excluding carboxylic acids is 1. The van der Waals surface area contributed by atoms with Gasteiger partial charge in [0.15, 0.2) is 0 Å². The number of epoxide rings is 2. The van der Waals surface area contributed by atoms with Gasteiger partial charge in [0.05, 0.1) is 0 Å². The van der Waals surface area contributed by atoms with E-state index in [-0.39, 0.29) is 30.4 Å². The Balaban J connectivity index is 1.72. The first-order chi connectivity index (χ1) is 10.7. The van der Waals surface area contributed by atoms with Crippen LogP contribution in [-0.4, -0.2) is 5.97 Å². The number of benzene rings is 2. The summed E-state index contributed by atoms with van der Waals surface area (Å²) in [5.74, 6) is 0.321. The monoisotopic (exact) mass is 292 g/mol. The summed E-state index contributed by atoms with van der Waals surface area (Å²) in [5, 5.41) is 0. The van der Waals surface area contributed by atoms with Crippen LogP contribution < -0.4 is 4.74 Å². The number of carbonyl (C=O) groups is 1. The van der Waals surface area contributed by atoms with Crippen LogP contribution >= 0.6 is 0 Å². The molecule has 0 N–H and O–H groups in total. The molecule has 2 fully saturated rings. The highest BCUT2D eigenvalue weighted by atomic mass is 16.6. The second-order valence-electron chi connectivity index (χ2n) is 6.30. The fraction of sp³-hybridized carbons (Fsp3) is 0.278. The van der Waals surface area contributed by atoms with Crippen molar-refractivity contribution >= 4 is 5.97 Å². The highest BCUT2D eigenvalue weighted by molar-refractivity contribution is 5.87. The van der Waals surface area contributed by atoms with Crippen LogP contribution in [-0.2, 0) is 14.3 Å². The lowest BCUT2D eigenvalue weighted by Crippen LogP contribution is -2.12. The molecule has 4 nitrogen and oxygen atoms in total. The minimum absolute atomic E-state index is 0.00218. The Bertz CT molecular complexity index is 871. The summed E-state index contributed by atoms with van der Waals surface area (Å²) in [7, 11) is 0. The second-order valence-corrected chi connectivity index (χ2v) is 6.30. The van der Waals surface area contributed by atoms with Crippen molar-refractivity contribution in [3.63, 3.8) is 0 Å². The Morgan fingerprint density at radius 3 is 2.27 bits per heavy atom. The van der Waals surface area contributed by atoms with Crippen LogP contribution in [0.15, 0.2) is 30.3 Å². The number of esters is 1. The number of rotatable bonds is 1. The van der Waals surface area contributed by atoms with E-state index in [4.69, 9.17) is 14.2 Å². The van der Waals surface area contributed by atoms with Crippen LogP contribution in [0.3, 0.4) is 0 Å². The van der Waals surface area contributed by atoms with Crippen molar-refractivity contribution in [3.8, 4) is 16.9 Å². The molecule has 2 heterocycles. The summed E-state index contributed by atoms with van der Waals surface area (Å²) in [6.07, 6.45) is 0.396. The zero-order chi connectivity index (χ0) is 14.6. The summed E-state index contributed by atoms with van der Waals surface area (Å²) < 4.78 is 17.2. The van der Waals surface area contributed by atoms with Gasteiger partial charge in [-0.2, -0.15) is 0 Å². The SMILES string of the molecule is CC(=O)Oc1ccc2c3c1C1OC1c1cccc(c1-3)C1OC21. The van der Waals surface area contributed by atoms with Crippen LogP contribution in [0.1, 0.15) is 53.6 Å². The molecule has 4 aliphatic rings. The third-order valence-corrected chi connectivity index (χ3v) is 5.06. The lowest BCUT2D eigenvalue weighted by atomic mass is 9.75. The van der Waals surface area contributed by atoms with E-state index in [2.05, 4.69) is 18.2 Å². The largest absolute Gasteiger partial charge is 0.426 e. The van der Waals surface area contributed by atoms with E-state index in [1.165, 1.54) is 34.7 Å². The molecule has 6 rings (SSSR count). The zero-order valence-corrected chi connectivity index (χ0v) is 11.8. The predicted octanol–water partition coefficient (Wildman–Crippen LogP) is 3.53. The number of hydrogen-bond acceptors (Lipinski definition) is 4. The van der Waals surface area contributed by atoms with Crippen LogP contribution in [0, 0.1) is 0 Å². The molecule has 2 aliphatic heterocycles. The fourth-order valence-corrected chi connectivity index (χ4v) is 4.17. The molecule has 2 aliphatic carbocycles. The van der Waals surface area contributed by atoms with Gasteiger partial charge in [-0.3, -0.25) is 4.79 Å². The lowest BCUT2D eigenvalue weighted by Gasteiger charge is -2.26. The normalized spacial score (nSPS) is 30.8. The van der Waals surface area contributed by atoms with Crippen molar-refractivity contribution in [2.24, 2.45) is 0 Å². The topological polar surface area (TPSA) is 51.4 Å². The molecule has 108 valence electrons. The first-order valence-corrected chi connectivity index (χ1v) is 7.53. The quantitative estimate of drug-likeness (QED) is 0.458. The smallest absolute Gasteiger partial charge is 0.308 e. The summed E-state index contributed by atoms with van der Waals surface area (Å²) in [4.78, 5) is 11.4. The highest BCUT2D eigenvalue weighted by Gasteiger charge is 2.56. The third kappa shape index (κ3) is 1.20. The van der Waals surface area contributed by atoms with E-state index in [1.807, 2.05) is 12.1 Å². The first-order valence-electron chi connectivity index (χ1n) is 7.53. The maximum Gasteiger partial charge on any atom is 0.308 e. The Morgan fingerprint density at radius 1 is 0.909 bits per heavy atom. The van der Waals surface area contributed by atoms with Gasteiger partial charge in [-0.15, -0.1) is 0 Å². The van der Waals surface area contributed by atoms with Crippen molar-refractivity contribution < 1.29 is 19.0 Å². The van der Waals surface area contributed by atoms with Gasteiger partial charge < -0.3 is 14.2 Å². The van der Waals surface area contributed by atoms with Gasteiger partial charge in [0.2, 0.25) is 0 Å². The molecule has 0 spiro atoms. The van der Waals surface area contributed by atoms with E-state index in [9.17, 15) is 4.79 Å². The molecule has 0 aromatic heterocycles. The van der Waals surface area contributed by atoms with Crippen molar-refractivity contribution in [3.05, 3.63) is 52.6 Å². The molecule has 4 heteroatoms. The molecule has 0 bridgehead atoms. The van der Waals surface area contributed by atoms with Crippen molar-refractivity contribution in [1.82, 2.24) is 0 Å². The average Bonchev–Trinajstić information content (AvgIpc) is 3.39. The van der Waals surface area contributed by atoms with Crippen molar-refractivity contribution in [2.45, 2.75) is 31.3 Å². The summed E-state index contributed by atoms with van der Waals surface area (Å²) in [5.41, 5.74) is 7.10. The summed E-state index contributed by atoms with van der Waals surface area (Å²) >= 11 is 0. The Morgan fingerprint density at radius 2 is 1.55 bits per heavy atom. The molecule has 22 heavy (non-hydrogen) atoms. The van der Waals surface area contributed by atoms with Gasteiger partial charge in [-0.25, -0.2) is 0 Å². The highest BCUT2D eigenvalue weighted by Crippen LogP contribution is 2.69. The summed E-state index contributed by atoms with van der Waals surface area (Å²) in [6, 6.07) is 10.3. The fourth-order valence-electron chi connectivity index (χ4n) is 4.17. The average molecular weight is 292 g/mol.